The minimum atomic E-state index is 0.0730. The highest BCUT2D eigenvalue weighted by Gasteiger charge is 2.29. The van der Waals surface area contributed by atoms with Gasteiger partial charge in [-0.2, -0.15) is 4.37 Å². The Hall–Kier alpha value is -2.45. The number of anilines is 1. The normalized spacial score (nSPS) is 18.3. The quantitative estimate of drug-likeness (QED) is 0.658. The van der Waals surface area contributed by atoms with Gasteiger partial charge in [0.15, 0.2) is 0 Å². The lowest BCUT2D eigenvalue weighted by atomic mass is 10.1. The number of rotatable bonds is 4. The van der Waals surface area contributed by atoms with Crippen molar-refractivity contribution in [1.82, 2.24) is 19.3 Å². The van der Waals surface area contributed by atoms with E-state index in [2.05, 4.69) is 43.6 Å². The van der Waals surface area contributed by atoms with Gasteiger partial charge in [0.25, 0.3) is 5.91 Å². The first-order chi connectivity index (χ1) is 14.2. The zero-order chi connectivity index (χ0) is 19.8. The molecule has 0 atom stereocenters. The van der Waals surface area contributed by atoms with Crippen molar-refractivity contribution in [2.75, 3.05) is 50.7 Å². The van der Waals surface area contributed by atoms with E-state index in [0.29, 0.717) is 11.3 Å². The fraction of sp³-hybridized carbons (Fsp3) is 0.476. The molecule has 7 nitrogen and oxygen atoms in total. The maximum absolute atomic E-state index is 12.9. The summed E-state index contributed by atoms with van der Waals surface area (Å²) >= 11 is 1.57. The number of piperazine rings is 1. The lowest BCUT2D eigenvalue weighted by Crippen LogP contribution is -2.49. The number of aromatic nitrogens is 2. The topological polar surface area (TPSA) is 65.7 Å². The van der Waals surface area contributed by atoms with Gasteiger partial charge >= 0.3 is 0 Å². The van der Waals surface area contributed by atoms with E-state index in [1.807, 2.05) is 11.8 Å². The van der Waals surface area contributed by atoms with Crippen LogP contribution in [0.3, 0.4) is 0 Å². The highest BCUT2D eigenvalue weighted by Crippen LogP contribution is 2.29. The van der Waals surface area contributed by atoms with E-state index in [4.69, 9.17) is 4.52 Å². The fourth-order valence-corrected chi connectivity index (χ4v) is 5.11. The van der Waals surface area contributed by atoms with E-state index >= 15 is 0 Å². The largest absolute Gasteiger partial charge is 0.360 e. The van der Waals surface area contributed by atoms with Gasteiger partial charge in [-0.1, -0.05) is 17.3 Å². The molecule has 0 radical (unpaired) electrons. The summed E-state index contributed by atoms with van der Waals surface area (Å²) in [6, 6.07) is 8.44. The molecule has 0 unspecified atom stereocenters. The van der Waals surface area contributed by atoms with Crippen molar-refractivity contribution < 1.29 is 9.32 Å². The lowest BCUT2D eigenvalue weighted by Gasteiger charge is -2.36. The van der Waals surface area contributed by atoms with Crippen LogP contribution in [0.1, 0.15) is 28.2 Å². The number of hydrogen-bond donors (Lipinski definition) is 0. The predicted octanol–water partition coefficient (Wildman–Crippen LogP) is 2.80. The molecule has 0 saturated carbocycles. The van der Waals surface area contributed by atoms with Gasteiger partial charge in [-0.05, 0) is 37.0 Å². The SMILES string of the molecule is Cc1noc2c1C(=O)N(CCN1CCN(c3nsc4ccccc34)CC1)CCC2. The van der Waals surface area contributed by atoms with Gasteiger partial charge in [-0.3, -0.25) is 9.69 Å². The molecule has 3 aromatic rings. The second-order valence-electron chi connectivity index (χ2n) is 7.79. The molecule has 1 fully saturated rings. The summed E-state index contributed by atoms with van der Waals surface area (Å²) in [6.07, 6.45) is 1.72. The summed E-state index contributed by atoms with van der Waals surface area (Å²) in [4.78, 5) is 19.7. The highest BCUT2D eigenvalue weighted by molar-refractivity contribution is 7.13. The minimum absolute atomic E-state index is 0.0730. The molecule has 152 valence electrons. The Labute approximate surface area is 174 Å². The zero-order valence-electron chi connectivity index (χ0n) is 16.6. The van der Waals surface area contributed by atoms with Crippen molar-refractivity contribution in [3.8, 4) is 0 Å². The third-order valence-electron chi connectivity index (χ3n) is 5.98. The van der Waals surface area contributed by atoms with Gasteiger partial charge in [0, 0.05) is 57.6 Å². The maximum atomic E-state index is 12.9. The van der Waals surface area contributed by atoms with Crippen LogP contribution in [0.2, 0.25) is 0 Å². The molecule has 1 amide bonds. The van der Waals surface area contributed by atoms with Crippen LogP contribution in [0.5, 0.6) is 0 Å². The number of nitrogens with zero attached hydrogens (tertiary/aromatic N) is 5. The smallest absolute Gasteiger partial charge is 0.259 e. The van der Waals surface area contributed by atoms with Crippen molar-refractivity contribution in [1.29, 1.82) is 0 Å². The molecule has 2 aliphatic heterocycles. The Morgan fingerprint density at radius 1 is 1.10 bits per heavy atom. The number of benzene rings is 1. The molecule has 5 rings (SSSR count). The molecule has 0 aliphatic carbocycles. The van der Waals surface area contributed by atoms with Crippen LogP contribution in [0.15, 0.2) is 28.8 Å². The molecule has 0 bridgehead atoms. The van der Waals surface area contributed by atoms with Crippen LogP contribution in [-0.4, -0.2) is 71.1 Å². The second-order valence-corrected chi connectivity index (χ2v) is 8.60. The lowest BCUT2D eigenvalue weighted by molar-refractivity contribution is 0.0738. The Morgan fingerprint density at radius 2 is 1.93 bits per heavy atom. The first kappa shape index (κ1) is 18.6. The standard InChI is InChI=1S/C21H25N5O2S/c1-15-19-17(28-22-15)6-4-8-26(21(19)27)14-11-24-9-12-25(13-10-24)20-16-5-2-3-7-18(16)29-23-20/h2-3,5,7H,4,6,8-14H2,1H3. The number of amides is 1. The van der Waals surface area contributed by atoms with Gasteiger partial charge in [-0.15, -0.1) is 0 Å². The summed E-state index contributed by atoms with van der Waals surface area (Å²) in [5.41, 5.74) is 1.39. The van der Waals surface area contributed by atoms with Crippen molar-refractivity contribution in [3.05, 3.63) is 41.3 Å². The number of hydrogen-bond acceptors (Lipinski definition) is 7. The molecule has 2 aliphatic rings. The summed E-state index contributed by atoms with van der Waals surface area (Å²) in [5, 5.41) is 5.24. The Bertz CT molecular complexity index is 1020. The van der Waals surface area contributed by atoms with Crippen LogP contribution in [0.25, 0.3) is 10.1 Å². The molecule has 1 aromatic carbocycles. The molecule has 0 spiro atoms. The van der Waals surface area contributed by atoms with Gasteiger partial charge in [0.2, 0.25) is 0 Å². The summed E-state index contributed by atoms with van der Waals surface area (Å²) in [6.45, 7) is 8.21. The van der Waals surface area contributed by atoms with Crippen LogP contribution in [0, 0.1) is 6.92 Å². The van der Waals surface area contributed by atoms with Gasteiger partial charge < -0.3 is 14.3 Å². The Morgan fingerprint density at radius 3 is 2.79 bits per heavy atom. The highest BCUT2D eigenvalue weighted by atomic mass is 32.1. The third kappa shape index (κ3) is 3.51. The van der Waals surface area contributed by atoms with E-state index in [9.17, 15) is 4.79 Å². The van der Waals surface area contributed by atoms with E-state index in [0.717, 1.165) is 70.2 Å². The van der Waals surface area contributed by atoms with Crippen molar-refractivity contribution >= 4 is 33.3 Å². The third-order valence-corrected chi connectivity index (χ3v) is 6.80. The first-order valence-electron chi connectivity index (χ1n) is 10.3. The average Bonchev–Trinajstić information content (AvgIpc) is 3.29. The van der Waals surface area contributed by atoms with E-state index < -0.39 is 0 Å². The summed E-state index contributed by atoms with van der Waals surface area (Å²) in [7, 11) is 0. The second kappa shape index (κ2) is 7.76. The van der Waals surface area contributed by atoms with Crippen LogP contribution < -0.4 is 4.90 Å². The molecule has 0 N–H and O–H groups in total. The first-order valence-corrected chi connectivity index (χ1v) is 11.0. The number of carbonyl (C=O) groups excluding carboxylic acids is 1. The van der Waals surface area contributed by atoms with Gasteiger partial charge in [0.05, 0.1) is 10.4 Å². The fourth-order valence-electron chi connectivity index (χ4n) is 4.31. The van der Waals surface area contributed by atoms with Crippen LogP contribution in [-0.2, 0) is 6.42 Å². The Balaban J connectivity index is 1.18. The Kier molecular flexibility index (Phi) is 4.97. The number of carbonyl (C=O) groups is 1. The number of aryl methyl sites for hydroxylation is 2. The zero-order valence-corrected chi connectivity index (χ0v) is 17.5. The predicted molar refractivity (Wildman–Crippen MR) is 114 cm³/mol. The molecule has 29 heavy (non-hydrogen) atoms. The van der Waals surface area contributed by atoms with E-state index in [1.54, 1.807) is 11.5 Å². The van der Waals surface area contributed by atoms with Gasteiger partial charge in [-0.25, -0.2) is 0 Å². The maximum Gasteiger partial charge on any atom is 0.259 e. The molecule has 8 heteroatoms. The monoisotopic (exact) mass is 411 g/mol. The van der Waals surface area contributed by atoms with Crippen molar-refractivity contribution in [2.45, 2.75) is 19.8 Å². The van der Waals surface area contributed by atoms with E-state index in [1.165, 1.54) is 10.1 Å². The summed E-state index contributed by atoms with van der Waals surface area (Å²) in [5.74, 6) is 1.94. The molecule has 2 aromatic heterocycles. The molecular formula is C21H25N5O2S. The minimum Gasteiger partial charge on any atom is -0.360 e. The average molecular weight is 412 g/mol. The molecular weight excluding hydrogens is 386 g/mol. The van der Waals surface area contributed by atoms with Crippen molar-refractivity contribution in [3.63, 3.8) is 0 Å². The van der Waals surface area contributed by atoms with Crippen molar-refractivity contribution in [2.24, 2.45) is 0 Å². The number of fused-ring (bicyclic) bond motifs is 2. The molecule has 1 saturated heterocycles. The van der Waals surface area contributed by atoms with Crippen LogP contribution in [0.4, 0.5) is 5.82 Å². The van der Waals surface area contributed by atoms with E-state index in [-0.39, 0.29) is 5.91 Å². The summed E-state index contributed by atoms with van der Waals surface area (Å²) < 4.78 is 11.3. The van der Waals surface area contributed by atoms with Gasteiger partial charge in [0.1, 0.15) is 17.1 Å². The van der Waals surface area contributed by atoms with Crippen LogP contribution >= 0.6 is 11.5 Å². The molecule has 4 heterocycles.